The average Bonchev–Trinajstić information content (AvgIpc) is 3.20. The average molecular weight is 386 g/mol. The van der Waals surface area contributed by atoms with Gasteiger partial charge >= 0.3 is 0 Å². The molecule has 5 nitrogen and oxygen atoms in total. The maximum absolute atomic E-state index is 13.1. The van der Waals surface area contributed by atoms with Gasteiger partial charge in [-0.3, -0.25) is 4.79 Å². The van der Waals surface area contributed by atoms with Crippen molar-refractivity contribution in [3.8, 4) is 11.5 Å². The zero-order valence-electron chi connectivity index (χ0n) is 15.1. The minimum atomic E-state index is -0.147. The number of benzene rings is 2. The lowest BCUT2D eigenvalue weighted by atomic mass is 10.1. The molecule has 2 aromatic carbocycles. The molecule has 140 valence electrons. The van der Waals surface area contributed by atoms with Gasteiger partial charge in [0.1, 0.15) is 17.3 Å². The standard InChI is InChI=1S/C21H20ClNO4/c1-25-17-8-5-15(6-9-17)13-23(14-18-4-3-11-27-18)21(24)16-7-10-20(26-2)19(22)12-16/h3-12H,13-14H2,1-2H3. The normalized spacial score (nSPS) is 10.5. The quantitative estimate of drug-likeness (QED) is 0.586. The van der Waals surface area contributed by atoms with Gasteiger partial charge in [-0.2, -0.15) is 0 Å². The van der Waals surface area contributed by atoms with E-state index >= 15 is 0 Å². The molecule has 0 atom stereocenters. The van der Waals surface area contributed by atoms with Gasteiger partial charge in [0.05, 0.1) is 32.1 Å². The van der Waals surface area contributed by atoms with Crippen LogP contribution in [0.25, 0.3) is 0 Å². The fourth-order valence-corrected chi connectivity index (χ4v) is 2.98. The first kappa shape index (κ1) is 18.9. The molecule has 3 rings (SSSR count). The van der Waals surface area contributed by atoms with Gasteiger partial charge in [-0.05, 0) is 48.0 Å². The van der Waals surface area contributed by atoms with Gasteiger partial charge in [-0.15, -0.1) is 0 Å². The van der Waals surface area contributed by atoms with Crippen molar-refractivity contribution in [3.63, 3.8) is 0 Å². The first-order valence-electron chi connectivity index (χ1n) is 8.39. The fourth-order valence-electron chi connectivity index (χ4n) is 2.72. The summed E-state index contributed by atoms with van der Waals surface area (Å²) in [5, 5.41) is 0.394. The Hall–Kier alpha value is -2.92. The van der Waals surface area contributed by atoms with Crippen LogP contribution in [-0.2, 0) is 13.1 Å². The van der Waals surface area contributed by atoms with Gasteiger partial charge in [0.2, 0.25) is 0 Å². The van der Waals surface area contributed by atoms with Crippen molar-refractivity contribution in [2.45, 2.75) is 13.1 Å². The number of rotatable bonds is 7. The highest BCUT2D eigenvalue weighted by molar-refractivity contribution is 6.32. The van der Waals surface area contributed by atoms with E-state index in [9.17, 15) is 4.79 Å². The molecular formula is C21H20ClNO4. The van der Waals surface area contributed by atoms with E-state index in [1.165, 1.54) is 7.11 Å². The Morgan fingerprint density at radius 1 is 1.04 bits per heavy atom. The van der Waals surface area contributed by atoms with Gasteiger partial charge in [0, 0.05) is 12.1 Å². The summed E-state index contributed by atoms with van der Waals surface area (Å²) in [5.41, 5.74) is 1.47. The van der Waals surface area contributed by atoms with Crippen LogP contribution in [0.15, 0.2) is 65.3 Å². The summed E-state index contributed by atoms with van der Waals surface area (Å²) in [5.74, 6) is 1.86. The zero-order chi connectivity index (χ0) is 19.2. The van der Waals surface area contributed by atoms with Crippen LogP contribution in [0.1, 0.15) is 21.7 Å². The minimum absolute atomic E-state index is 0.147. The van der Waals surface area contributed by atoms with Crippen LogP contribution in [-0.4, -0.2) is 25.0 Å². The summed E-state index contributed by atoms with van der Waals surface area (Å²) in [7, 11) is 3.16. The van der Waals surface area contributed by atoms with Gasteiger partial charge in [-0.25, -0.2) is 0 Å². The SMILES string of the molecule is COc1ccc(CN(Cc2ccco2)C(=O)c2ccc(OC)c(Cl)c2)cc1. The van der Waals surface area contributed by atoms with Crippen molar-refractivity contribution >= 4 is 17.5 Å². The predicted molar refractivity (Wildman–Crippen MR) is 103 cm³/mol. The van der Waals surface area contributed by atoms with Crippen LogP contribution in [0, 0.1) is 0 Å². The van der Waals surface area contributed by atoms with Crippen LogP contribution in [0.4, 0.5) is 0 Å². The van der Waals surface area contributed by atoms with Gasteiger partial charge in [0.25, 0.3) is 5.91 Å². The van der Waals surface area contributed by atoms with E-state index in [-0.39, 0.29) is 5.91 Å². The largest absolute Gasteiger partial charge is 0.497 e. The second-order valence-electron chi connectivity index (χ2n) is 5.94. The van der Waals surface area contributed by atoms with Crippen molar-refractivity contribution in [2.75, 3.05) is 14.2 Å². The Balaban J connectivity index is 1.86. The maximum Gasteiger partial charge on any atom is 0.254 e. The number of nitrogens with zero attached hydrogens (tertiary/aromatic N) is 1. The maximum atomic E-state index is 13.1. The molecule has 0 aliphatic heterocycles. The molecule has 0 saturated heterocycles. The lowest BCUT2D eigenvalue weighted by Gasteiger charge is -2.22. The summed E-state index contributed by atoms with van der Waals surface area (Å²) in [6.07, 6.45) is 1.59. The van der Waals surface area contributed by atoms with Crippen LogP contribution in [0.3, 0.4) is 0 Å². The summed E-state index contributed by atoms with van der Waals surface area (Å²) in [6.45, 7) is 0.773. The highest BCUT2D eigenvalue weighted by Gasteiger charge is 2.19. The van der Waals surface area contributed by atoms with E-state index in [4.69, 9.17) is 25.5 Å². The van der Waals surface area contributed by atoms with Gasteiger partial charge in [0.15, 0.2) is 0 Å². The van der Waals surface area contributed by atoms with E-state index in [0.29, 0.717) is 35.2 Å². The van der Waals surface area contributed by atoms with Gasteiger partial charge in [-0.1, -0.05) is 23.7 Å². The molecule has 1 heterocycles. The molecule has 0 aliphatic carbocycles. The number of amides is 1. The first-order valence-corrected chi connectivity index (χ1v) is 8.76. The molecule has 0 radical (unpaired) electrons. The zero-order valence-corrected chi connectivity index (χ0v) is 15.9. The number of carbonyl (C=O) groups is 1. The van der Waals surface area contributed by atoms with Crippen molar-refractivity contribution in [1.82, 2.24) is 4.90 Å². The molecule has 0 N–H and O–H groups in total. The smallest absolute Gasteiger partial charge is 0.254 e. The van der Waals surface area contributed by atoms with E-state index in [1.54, 1.807) is 42.5 Å². The number of ether oxygens (including phenoxy) is 2. The molecule has 27 heavy (non-hydrogen) atoms. The summed E-state index contributed by atoms with van der Waals surface area (Å²) in [6, 6.07) is 16.3. The van der Waals surface area contributed by atoms with Crippen LogP contribution in [0.5, 0.6) is 11.5 Å². The van der Waals surface area contributed by atoms with Crippen molar-refractivity contribution < 1.29 is 18.7 Å². The third-order valence-corrected chi connectivity index (χ3v) is 4.44. The Morgan fingerprint density at radius 3 is 2.41 bits per heavy atom. The Bertz CT molecular complexity index is 891. The molecule has 0 aliphatic rings. The predicted octanol–water partition coefficient (Wildman–Crippen LogP) is 4.79. The number of hydrogen-bond donors (Lipinski definition) is 0. The molecule has 3 aromatic rings. The lowest BCUT2D eigenvalue weighted by Crippen LogP contribution is -2.30. The summed E-state index contributed by atoms with van der Waals surface area (Å²) >= 11 is 6.19. The molecule has 0 unspecified atom stereocenters. The van der Waals surface area contributed by atoms with Gasteiger partial charge < -0.3 is 18.8 Å². The first-order chi connectivity index (χ1) is 13.1. The Morgan fingerprint density at radius 2 is 1.81 bits per heavy atom. The fraction of sp³-hybridized carbons (Fsp3) is 0.190. The van der Waals surface area contributed by atoms with E-state index < -0.39 is 0 Å². The highest BCUT2D eigenvalue weighted by Crippen LogP contribution is 2.26. The lowest BCUT2D eigenvalue weighted by molar-refractivity contribution is 0.0717. The molecule has 0 bridgehead atoms. The topological polar surface area (TPSA) is 51.9 Å². The summed E-state index contributed by atoms with van der Waals surface area (Å²) in [4.78, 5) is 14.8. The second kappa shape index (κ2) is 8.64. The van der Waals surface area contributed by atoms with Crippen LogP contribution >= 0.6 is 11.6 Å². The molecule has 1 amide bonds. The second-order valence-corrected chi connectivity index (χ2v) is 6.35. The number of hydrogen-bond acceptors (Lipinski definition) is 4. The van der Waals surface area contributed by atoms with Crippen molar-refractivity contribution in [2.24, 2.45) is 0 Å². The molecule has 0 saturated carbocycles. The third-order valence-electron chi connectivity index (χ3n) is 4.15. The molecular weight excluding hydrogens is 366 g/mol. The number of furan rings is 1. The van der Waals surface area contributed by atoms with E-state index in [2.05, 4.69) is 0 Å². The minimum Gasteiger partial charge on any atom is -0.497 e. The monoisotopic (exact) mass is 385 g/mol. The van der Waals surface area contributed by atoms with Crippen molar-refractivity contribution in [1.29, 1.82) is 0 Å². The van der Waals surface area contributed by atoms with E-state index in [0.717, 1.165) is 11.3 Å². The molecule has 6 heteroatoms. The number of methoxy groups -OCH3 is 2. The van der Waals surface area contributed by atoms with E-state index in [1.807, 2.05) is 30.3 Å². The highest BCUT2D eigenvalue weighted by atomic mass is 35.5. The third kappa shape index (κ3) is 4.63. The Kier molecular flexibility index (Phi) is 6.04. The van der Waals surface area contributed by atoms with Crippen LogP contribution < -0.4 is 9.47 Å². The Labute approximate surface area is 163 Å². The molecule has 0 spiro atoms. The summed E-state index contributed by atoms with van der Waals surface area (Å²) < 4.78 is 15.8. The van der Waals surface area contributed by atoms with Crippen LogP contribution in [0.2, 0.25) is 5.02 Å². The molecule has 1 aromatic heterocycles. The number of carbonyl (C=O) groups excluding carboxylic acids is 1. The van der Waals surface area contributed by atoms with Crippen molar-refractivity contribution in [3.05, 3.63) is 82.8 Å². The number of halogens is 1. The molecule has 0 fully saturated rings.